The lowest BCUT2D eigenvalue weighted by Crippen LogP contribution is -2.06. The summed E-state index contributed by atoms with van der Waals surface area (Å²) < 4.78 is 40.5. The highest BCUT2D eigenvalue weighted by Gasteiger charge is 2.26. The Kier molecular flexibility index (Phi) is 5.50. The van der Waals surface area contributed by atoms with E-state index < -0.39 is 9.84 Å². The second-order valence-corrected chi connectivity index (χ2v) is 9.06. The van der Waals surface area contributed by atoms with E-state index in [0.29, 0.717) is 29.8 Å². The highest BCUT2D eigenvalue weighted by Crippen LogP contribution is 2.37. The number of hydrogen-bond donors (Lipinski definition) is 0. The van der Waals surface area contributed by atoms with Gasteiger partial charge >= 0.3 is 0 Å². The zero-order valence-electron chi connectivity index (χ0n) is 16.5. The third kappa shape index (κ3) is 4.19. The Morgan fingerprint density at radius 1 is 0.833 bits per heavy atom. The van der Waals surface area contributed by atoms with E-state index in [1.54, 1.807) is 16.8 Å². The van der Waals surface area contributed by atoms with Crippen molar-refractivity contribution in [2.24, 2.45) is 0 Å². The van der Waals surface area contributed by atoms with Crippen LogP contribution in [-0.4, -0.2) is 24.5 Å². The van der Waals surface area contributed by atoms with Gasteiger partial charge in [-0.2, -0.15) is 5.10 Å². The summed E-state index contributed by atoms with van der Waals surface area (Å²) in [6, 6.07) is 25.4. The molecule has 0 amide bonds. The number of aryl methyl sites for hydroxylation is 2. The highest BCUT2D eigenvalue weighted by molar-refractivity contribution is 7.90. The van der Waals surface area contributed by atoms with Crippen LogP contribution in [0.1, 0.15) is 5.56 Å². The fraction of sp³-hybridized carbons (Fsp3) is 0.125. The van der Waals surface area contributed by atoms with Gasteiger partial charge in [0.25, 0.3) is 0 Å². The average molecular weight is 421 g/mol. The van der Waals surface area contributed by atoms with Gasteiger partial charge in [-0.05, 0) is 29.7 Å². The van der Waals surface area contributed by atoms with Crippen LogP contribution < -0.4 is 0 Å². The van der Waals surface area contributed by atoms with Crippen LogP contribution in [0.4, 0.5) is 4.39 Å². The molecule has 0 aliphatic carbocycles. The molecule has 4 rings (SSSR count). The maximum absolute atomic E-state index is 13.5. The number of sulfone groups is 1. The summed E-state index contributed by atoms with van der Waals surface area (Å²) in [5.41, 5.74) is 3.81. The molecule has 0 saturated carbocycles. The Hall–Kier alpha value is -3.25. The van der Waals surface area contributed by atoms with E-state index in [2.05, 4.69) is 5.10 Å². The highest BCUT2D eigenvalue weighted by atomic mass is 32.2. The number of benzene rings is 3. The number of aromatic nitrogens is 2. The zero-order chi connectivity index (χ0) is 21.1. The van der Waals surface area contributed by atoms with Crippen molar-refractivity contribution in [3.63, 3.8) is 0 Å². The smallest absolute Gasteiger partial charge is 0.195 e. The lowest BCUT2D eigenvalue weighted by molar-refractivity contribution is 0.578. The van der Waals surface area contributed by atoms with Gasteiger partial charge in [-0.15, -0.1) is 0 Å². The minimum Gasteiger partial charge on any atom is -0.263 e. The van der Waals surface area contributed by atoms with Crippen LogP contribution in [0, 0.1) is 5.82 Å². The van der Waals surface area contributed by atoms with Crippen molar-refractivity contribution in [3.8, 4) is 22.4 Å². The van der Waals surface area contributed by atoms with Crippen molar-refractivity contribution in [3.05, 3.63) is 96.3 Å². The van der Waals surface area contributed by atoms with Crippen LogP contribution in [0.2, 0.25) is 0 Å². The van der Waals surface area contributed by atoms with Gasteiger partial charge in [0, 0.05) is 23.9 Å². The summed E-state index contributed by atoms with van der Waals surface area (Å²) >= 11 is 0. The first-order valence-corrected chi connectivity index (χ1v) is 11.5. The van der Waals surface area contributed by atoms with E-state index in [9.17, 15) is 12.8 Å². The number of nitrogens with zero attached hydrogens (tertiary/aromatic N) is 2. The SMILES string of the molecule is CS(=O)(=O)c1nn(CCc2ccccc2)c(-c2ccccc2)c1-c1ccc(F)cc1. The second-order valence-electron chi connectivity index (χ2n) is 7.13. The molecule has 4 aromatic rings. The Bertz CT molecular complexity index is 1250. The molecule has 30 heavy (non-hydrogen) atoms. The maximum atomic E-state index is 13.5. The third-order valence-electron chi connectivity index (χ3n) is 4.91. The lowest BCUT2D eigenvalue weighted by Gasteiger charge is -2.11. The zero-order valence-corrected chi connectivity index (χ0v) is 17.3. The largest absolute Gasteiger partial charge is 0.263 e. The molecule has 6 heteroatoms. The van der Waals surface area contributed by atoms with Crippen LogP contribution in [0.15, 0.2) is 90.0 Å². The van der Waals surface area contributed by atoms with Crippen LogP contribution in [0.3, 0.4) is 0 Å². The summed E-state index contributed by atoms with van der Waals surface area (Å²) in [5, 5.41) is 4.51. The van der Waals surface area contributed by atoms with E-state index in [0.717, 1.165) is 17.4 Å². The predicted octanol–water partition coefficient (Wildman–Crippen LogP) is 5.00. The minimum absolute atomic E-state index is 0.000947. The number of rotatable bonds is 6. The molecule has 3 aromatic carbocycles. The third-order valence-corrected chi connectivity index (χ3v) is 5.89. The molecule has 4 nitrogen and oxygen atoms in total. The molecule has 0 atom stereocenters. The molecule has 1 heterocycles. The summed E-state index contributed by atoms with van der Waals surface area (Å²) in [7, 11) is -3.61. The van der Waals surface area contributed by atoms with Crippen molar-refractivity contribution in [2.45, 2.75) is 18.0 Å². The quantitative estimate of drug-likeness (QED) is 0.441. The topological polar surface area (TPSA) is 52.0 Å². The van der Waals surface area contributed by atoms with Crippen molar-refractivity contribution >= 4 is 9.84 Å². The molecule has 0 radical (unpaired) electrons. The van der Waals surface area contributed by atoms with Crippen molar-refractivity contribution in [1.29, 1.82) is 0 Å². The monoisotopic (exact) mass is 420 g/mol. The Balaban J connectivity index is 1.92. The van der Waals surface area contributed by atoms with Gasteiger partial charge in [0.05, 0.1) is 5.69 Å². The first kappa shape index (κ1) is 20.0. The first-order valence-electron chi connectivity index (χ1n) is 9.59. The molecular formula is C24H21FN2O2S. The predicted molar refractivity (Wildman–Crippen MR) is 116 cm³/mol. The van der Waals surface area contributed by atoms with Gasteiger partial charge in [-0.3, -0.25) is 4.68 Å². The average Bonchev–Trinajstić information content (AvgIpc) is 3.14. The van der Waals surface area contributed by atoms with Gasteiger partial charge in [0.2, 0.25) is 0 Å². The minimum atomic E-state index is -3.61. The van der Waals surface area contributed by atoms with Gasteiger partial charge < -0.3 is 0 Å². The van der Waals surface area contributed by atoms with E-state index in [1.807, 2.05) is 60.7 Å². The maximum Gasteiger partial charge on any atom is 0.195 e. The molecular weight excluding hydrogens is 399 g/mol. The van der Waals surface area contributed by atoms with E-state index in [-0.39, 0.29) is 10.8 Å². The Morgan fingerprint density at radius 3 is 2.03 bits per heavy atom. The molecule has 0 N–H and O–H groups in total. The molecule has 0 aliphatic rings. The first-order chi connectivity index (χ1) is 14.4. The summed E-state index contributed by atoms with van der Waals surface area (Å²) in [4.78, 5) is 0. The number of halogens is 1. The Labute approximate surface area is 175 Å². The van der Waals surface area contributed by atoms with Crippen molar-refractivity contribution in [2.75, 3.05) is 6.26 Å². The molecule has 0 bridgehead atoms. The molecule has 0 aliphatic heterocycles. The second kappa shape index (κ2) is 8.24. The summed E-state index contributed by atoms with van der Waals surface area (Å²) in [5.74, 6) is -0.377. The van der Waals surface area contributed by atoms with Gasteiger partial charge in [-0.25, -0.2) is 12.8 Å². The number of hydrogen-bond acceptors (Lipinski definition) is 3. The molecule has 1 aromatic heterocycles. The molecule has 0 saturated heterocycles. The molecule has 0 spiro atoms. The molecule has 0 unspecified atom stereocenters. The van der Waals surface area contributed by atoms with Crippen molar-refractivity contribution in [1.82, 2.24) is 9.78 Å². The molecule has 0 fully saturated rings. The van der Waals surface area contributed by atoms with Crippen molar-refractivity contribution < 1.29 is 12.8 Å². The van der Waals surface area contributed by atoms with Gasteiger partial charge in [-0.1, -0.05) is 72.8 Å². The standard InChI is InChI=1S/C24H21FN2O2S/c1-30(28,29)24-22(19-12-14-21(25)15-13-19)23(20-10-6-3-7-11-20)27(26-24)17-16-18-8-4-2-5-9-18/h2-15H,16-17H2,1H3. The fourth-order valence-electron chi connectivity index (χ4n) is 3.51. The van der Waals surface area contributed by atoms with Crippen LogP contribution in [0.25, 0.3) is 22.4 Å². The normalized spacial score (nSPS) is 11.5. The van der Waals surface area contributed by atoms with Crippen LogP contribution in [-0.2, 0) is 22.8 Å². The van der Waals surface area contributed by atoms with E-state index in [1.165, 1.54) is 12.1 Å². The van der Waals surface area contributed by atoms with Crippen LogP contribution in [0.5, 0.6) is 0 Å². The lowest BCUT2D eigenvalue weighted by atomic mass is 10.0. The fourth-order valence-corrected chi connectivity index (χ4v) is 4.34. The van der Waals surface area contributed by atoms with Crippen LogP contribution >= 0.6 is 0 Å². The summed E-state index contributed by atoms with van der Waals surface area (Å²) in [6.07, 6.45) is 1.85. The Morgan fingerprint density at radius 2 is 1.43 bits per heavy atom. The molecule has 152 valence electrons. The van der Waals surface area contributed by atoms with E-state index in [4.69, 9.17) is 0 Å². The van der Waals surface area contributed by atoms with E-state index >= 15 is 0 Å². The summed E-state index contributed by atoms with van der Waals surface area (Å²) in [6.45, 7) is 0.512. The van der Waals surface area contributed by atoms with Gasteiger partial charge in [0.1, 0.15) is 5.82 Å². The van der Waals surface area contributed by atoms with Gasteiger partial charge in [0.15, 0.2) is 14.9 Å².